The van der Waals surface area contributed by atoms with Crippen LogP contribution < -0.4 is 16.4 Å². The Morgan fingerprint density at radius 1 is 1.11 bits per heavy atom. The molecule has 0 saturated heterocycles. The summed E-state index contributed by atoms with van der Waals surface area (Å²) in [6.07, 6.45) is -2.81. The van der Waals surface area contributed by atoms with Gasteiger partial charge in [-0.15, -0.1) is 0 Å². The van der Waals surface area contributed by atoms with Crippen molar-refractivity contribution in [3.63, 3.8) is 0 Å². The molecule has 1 aliphatic carbocycles. The van der Waals surface area contributed by atoms with Gasteiger partial charge in [-0.25, -0.2) is 14.5 Å². The first kappa shape index (κ1) is 23.6. The number of hydrogen-bond acceptors (Lipinski definition) is 5. The summed E-state index contributed by atoms with van der Waals surface area (Å²) < 4.78 is 40.3. The molecule has 2 heterocycles. The maximum absolute atomic E-state index is 12.9. The second kappa shape index (κ2) is 8.52. The number of nitrogens with zero attached hydrogens (tertiary/aromatic N) is 3. The van der Waals surface area contributed by atoms with Crippen molar-refractivity contribution < 1.29 is 23.1 Å². The Kier molecular flexibility index (Phi) is 5.59. The molecule has 2 aromatic carbocycles. The highest BCUT2D eigenvalue weighted by atomic mass is 19.4. The Morgan fingerprint density at radius 3 is 2.44 bits per heavy atom. The SMILES string of the molecule is Cn1nc(N)c2c(-c3ccc(NC(=O)Nc4cccc(C(F)(F)F)c4)cc3)cc(C3(CO)CC3)nc21. The largest absolute Gasteiger partial charge is 0.416 e. The van der Waals surface area contributed by atoms with Gasteiger partial charge in [-0.3, -0.25) is 0 Å². The first-order valence-corrected chi connectivity index (χ1v) is 11.2. The summed E-state index contributed by atoms with van der Waals surface area (Å²) in [7, 11) is 1.76. The lowest BCUT2D eigenvalue weighted by Gasteiger charge is -2.15. The Labute approximate surface area is 203 Å². The van der Waals surface area contributed by atoms with Crippen molar-refractivity contribution in [1.29, 1.82) is 0 Å². The molecule has 1 aliphatic rings. The molecule has 5 rings (SSSR count). The lowest BCUT2D eigenvalue weighted by atomic mass is 9.96. The van der Waals surface area contributed by atoms with Gasteiger partial charge in [0.15, 0.2) is 11.5 Å². The molecule has 8 nitrogen and oxygen atoms in total. The molecule has 4 aromatic rings. The van der Waals surface area contributed by atoms with E-state index in [9.17, 15) is 23.1 Å². The number of pyridine rings is 1. The Hall–Kier alpha value is -4.12. The van der Waals surface area contributed by atoms with Crippen LogP contribution in [0, 0.1) is 0 Å². The van der Waals surface area contributed by atoms with Crippen molar-refractivity contribution >= 4 is 34.3 Å². The number of carbonyl (C=O) groups is 1. The number of urea groups is 1. The zero-order valence-electron chi connectivity index (χ0n) is 19.2. The Balaban J connectivity index is 1.39. The van der Waals surface area contributed by atoms with Crippen LogP contribution in [0.5, 0.6) is 0 Å². The maximum atomic E-state index is 12.9. The molecule has 1 saturated carbocycles. The van der Waals surface area contributed by atoms with Crippen molar-refractivity contribution in [3.8, 4) is 11.1 Å². The van der Waals surface area contributed by atoms with Crippen LogP contribution in [-0.4, -0.2) is 32.5 Å². The van der Waals surface area contributed by atoms with Crippen LogP contribution in [0.25, 0.3) is 22.2 Å². The minimum absolute atomic E-state index is 0.00211. The van der Waals surface area contributed by atoms with Gasteiger partial charge in [-0.1, -0.05) is 18.2 Å². The number of aliphatic hydroxyl groups is 1. The van der Waals surface area contributed by atoms with Gasteiger partial charge in [0.05, 0.1) is 23.3 Å². The minimum atomic E-state index is -4.50. The summed E-state index contributed by atoms with van der Waals surface area (Å²) in [4.78, 5) is 17.1. The molecule has 0 radical (unpaired) electrons. The third-order valence-corrected chi connectivity index (χ3v) is 6.42. The zero-order chi connectivity index (χ0) is 25.7. The number of alkyl halides is 3. The van der Waals surface area contributed by atoms with E-state index in [1.807, 2.05) is 6.07 Å². The molecule has 0 unspecified atom stereocenters. The van der Waals surface area contributed by atoms with Crippen LogP contribution in [0.1, 0.15) is 24.1 Å². The number of nitrogens with one attached hydrogen (secondary N) is 2. The summed E-state index contributed by atoms with van der Waals surface area (Å²) in [5, 5.41) is 19.9. The number of aliphatic hydroxyl groups excluding tert-OH is 1. The van der Waals surface area contributed by atoms with Gasteiger partial charge < -0.3 is 21.5 Å². The summed E-state index contributed by atoms with van der Waals surface area (Å²) in [5.41, 5.74) is 8.44. The number of aromatic nitrogens is 3. The second-order valence-corrected chi connectivity index (χ2v) is 8.94. The van der Waals surface area contributed by atoms with E-state index in [0.29, 0.717) is 22.5 Å². The smallest absolute Gasteiger partial charge is 0.395 e. The number of fused-ring (bicyclic) bond motifs is 1. The van der Waals surface area contributed by atoms with Gasteiger partial charge in [0, 0.05) is 23.8 Å². The highest BCUT2D eigenvalue weighted by Gasteiger charge is 2.45. The van der Waals surface area contributed by atoms with E-state index in [-0.39, 0.29) is 17.7 Å². The van der Waals surface area contributed by atoms with Crippen molar-refractivity contribution in [1.82, 2.24) is 14.8 Å². The summed E-state index contributed by atoms with van der Waals surface area (Å²) >= 11 is 0. The highest BCUT2D eigenvalue weighted by Crippen LogP contribution is 2.48. The fourth-order valence-electron chi connectivity index (χ4n) is 4.22. The number of halogens is 3. The van der Waals surface area contributed by atoms with Gasteiger partial charge in [0.25, 0.3) is 0 Å². The second-order valence-electron chi connectivity index (χ2n) is 8.94. The number of carbonyl (C=O) groups excluding carboxylic acids is 1. The summed E-state index contributed by atoms with van der Waals surface area (Å²) in [6, 6.07) is 12.6. The standard InChI is InChI=1S/C25H23F3N6O2/c1-34-22-20(21(29)33-34)18(12-19(32-22)24(13-35)9-10-24)14-5-7-16(8-6-14)30-23(36)31-17-4-2-3-15(11-17)25(26,27)28/h2-8,11-12,35H,9-10,13H2,1H3,(H2,29,33)(H2,30,31,36). The van der Waals surface area contributed by atoms with E-state index in [1.54, 1.807) is 36.0 Å². The first-order valence-electron chi connectivity index (χ1n) is 11.2. The average Bonchev–Trinajstić information content (AvgIpc) is 3.59. The van der Waals surface area contributed by atoms with Crippen LogP contribution in [0.3, 0.4) is 0 Å². The molecule has 0 atom stereocenters. The fraction of sp³-hybridized carbons (Fsp3) is 0.240. The van der Waals surface area contributed by atoms with Crippen molar-refractivity contribution in [2.75, 3.05) is 23.0 Å². The number of hydrogen-bond donors (Lipinski definition) is 4. The topological polar surface area (TPSA) is 118 Å². The maximum Gasteiger partial charge on any atom is 0.416 e. The van der Waals surface area contributed by atoms with E-state index in [0.717, 1.165) is 41.8 Å². The molecule has 186 valence electrons. The quantitative estimate of drug-likeness (QED) is 0.313. The molecule has 5 N–H and O–H groups in total. The lowest BCUT2D eigenvalue weighted by Crippen LogP contribution is -2.19. The van der Waals surface area contributed by atoms with Crippen LogP contribution in [0.15, 0.2) is 54.6 Å². The molecular weight excluding hydrogens is 473 g/mol. The minimum Gasteiger partial charge on any atom is -0.395 e. The van der Waals surface area contributed by atoms with Gasteiger partial charge in [-0.2, -0.15) is 18.3 Å². The molecule has 2 amide bonds. The number of amides is 2. The number of anilines is 3. The van der Waals surface area contributed by atoms with Gasteiger partial charge in [0.1, 0.15) is 0 Å². The molecular formula is C25H23F3N6O2. The van der Waals surface area contributed by atoms with Crippen LogP contribution in [0.4, 0.5) is 35.2 Å². The number of aryl methyl sites for hydroxylation is 1. The molecule has 0 aliphatic heterocycles. The monoisotopic (exact) mass is 496 g/mol. The van der Waals surface area contributed by atoms with E-state index in [4.69, 9.17) is 10.7 Å². The van der Waals surface area contributed by atoms with E-state index in [2.05, 4.69) is 15.7 Å². The van der Waals surface area contributed by atoms with E-state index < -0.39 is 17.8 Å². The molecule has 11 heteroatoms. The van der Waals surface area contributed by atoms with Crippen molar-refractivity contribution in [2.24, 2.45) is 7.05 Å². The molecule has 2 aromatic heterocycles. The highest BCUT2D eigenvalue weighted by molar-refractivity contribution is 6.02. The Bertz CT molecular complexity index is 1460. The first-order chi connectivity index (χ1) is 17.1. The molecule has 1 fully saturated rings. The molecule has 0 spiro atoms. The third kappa shape index (κ3) is 4.33. The Morgan fingerprint density at radius 2 is 1.81 bits per heavy atom. The van der Waals surface area contributed by atoms with E-state index >= 15 is 0 Å². The fourth-order valence-corrected chi connectivity index (χ4v) is 4.22. The van der Waals surface area contributed by atoms with Gasteiger partial charge >= 0.3 is 12.2 Å². The third-order valence-electron chi connectivity index (χ3n) is 6.42. The average molecular weight is 496 g/mol. The predicted octanol–water partition coefficient (Wildman–Crippen LogP) is 4.90. The van der Waals surface area contributed by atoms with Gasteiger partial charge in [-0.05, 0) is 60.4 Å². The normalized spacial score (nSPS) is 14.6. The number of nitrogens with two attached hydrogens (primary N) is 1. The van der Waals surface area contributed by atoms with Gasteiger partial charge in [0.2, 0.25) is 0 Å². The van der Waals surface area contributed by atoms with Crippen molar-refractivity contribution in [2.45, 2.75) is 24.4 Å². The zero-order valence-corrected chi connectivity index (χ0v) is 19.2. The molecule has 0 bridgehead atoms. The van der Waals surface area contributed by atoms with Crippen LogP contribution >= 0.6 is 0 Å². The number of benzene rings is 2. The van der Waals surface area contributed by atoms with Crippen LogP contribution in [-0.2, 0) is 18.6 Å². The predicted molar refractivity (Wildman–Crippen MR) is 130 cm³/mol. The lowest BCUT2D eigenvalue weighted by molar-refractivity contribution is -0.137. The number of nitrogen functional groups attached to an aromatic ring is 1. The molecule has 36 heavy (non-hydrogen) atoms. The summed E-state index contributed by atoms with van der Waals surface area (Å²) in [5.74, 6) is 0.332. The van der Waals surface area contributed by atoms with Crippen LogP contribution in [0.2, 0.25) is 0 Å². The van der Waals surface area contributed by atoms with E-state index in [1.165, 1.54) is 12.1 Å². The number of rotatable bonds is 5. The summed E-state index contributed by atoms with van der Waals surface area (Å²) in [6.45, 7) is 0.00211. The van der Waals surface area contributed by atoms with Crippen molar-refractivity contribution in [3.05, 3.63) is 65.9 Å².